The molecule has 0 aromatic carbocycles. The molecule has 2 heteroatoms. The van der Waals surface area contributed by atoms with Crippen LogP contribution in [0, 0.1) is 17.4 Å². The van der Waals surface area contributed by atoms with Crippen molar-refractivity contribution >= 4 is 8.32 Å². The van der Waals surface area contributed by atoms with Gasteiger partial charge < -0.3 is 4.43 Å². The summed E-state index contributed by atoms with van der Waals surface area (Å²) < 4.78 is 5.88. The van der Waals surface area contributed by atoms with Gasteiger partial charge in [0, 0.05) is 12.5 Å². The van der Waals surface area contributed by atoms with Crippen molar-refractivity contribution in [2.45, 2.75) is 32.9 Å². The largest absolute Gasteiger partial charge is 0.405 e. The average Bonchev–Trinajstić information content (AvgIpc) is 2.16. The van der Waals surface area contributed by atoms with Crippen LogP contribution in [0.4, 0.5) is 0 Å². The second-order valence-electron chi connectivity index (χ2n) is 3.84. The zero-order valence-electron chi connectivity index (χ0n) is 10.2. The quantitative estimate of drug-likeness (QED) is 0.379. The number of rotatable bonds is 6. The second kappa shape index (κ2) is 7.50. The van der Waals surface area contributed by atoms with E-state index in [1.807, 2.05) is 19.1 Å². The highest BCUT2D eigenvalue weighted by Gasteiger charge is 2.30. The van der Waals surface area contributed by atoms with Crippen LogP contribution in [-0.2, 0) is 4.43 Å². The van der Waals surface area contributed by atoms with Crippen LogP contribution in [0.15, 0.2) is 25.3 Å². The first kappa shape index (κ1) is 14.2. The molecule has 15 heavy (non-hydrogen) atoms. The molecular weight excluding hydrogens is 200 g/mol. The van der Waals surface area contributed by atoms with E-state index in [2.05, 4.69) is 38.5 Å². The third-order valence-electron chi connectivity index (χ3n) is 1.96. The van der Waals surface area contributed by atoms with Gasteiger partial charge in [0.25, 0.3) is 8.32 Å². The fourth-order valence-electron chi connectivity index (χ4n) is 1.36. The molecule has 0 heterocycles. The Labute approximate surface area is 95.4 Å². The molecule has 0 unspecified atom stereocenters. The maximum Gasteiger partial charge on any atom is 0.279 e. The minimum absolute atomic E-state index is 0.395. The van der Waals surface area contributed by atoms with Gasteiger partial charge in [-0.15, -0.1) is 19.1 Å². The summed E-state index contributed by atoms with van der Waals surface area (Å²) in [6.45, 7) is 14.5. The first-order valence-electron chi connectivity index (χ1n) is 5.48. The Hall–Kier alpha value is -0.783. The number of allylic oxidation sites excluding steroid dienone is 2. The minimum atomic E-state index is -1.96. The number of hydrogen-bond acceptors (Lipinski definition) is 1. The molecule has 0 rings (SSSR count). The predicted molar refractivity (Wildman–Crippen MR) is 70.0 cm³/mol. The van der Waals surface area contributed by atoms with Gasteiger partial charge in [0.15, 0.2) is 0 Å². The standard InChI is InChI=1S/C13H22OSi/c1-6-10-15(11-7-2,14-8-3)12-9-13(4)5/h6-7,13H,1-2,8,10-11H2,3-5H3. The van der Waals surface area contributed by atoms with Crippen molar-refractivity contribution in [2.75, 3.05) is 6.61 Å². The maximum atomic E-state index is 5.88. The minimum Gasteiger partial charge on any atom is -0.405 e. The lowest BCUT2D eigenvalue weighted by Crippen LogP contribution is -2.36. The van der Waals surface area contributed by atoms with Gasteiger partial charge in [0.2, 0.25) is 0 Å². The summed E-state index contributed by atoms with van der Waals surface area (Å²) in [5.74, 6) is 3.63. The zero-order chi connectivity index (χ0) is 11.7. The van der Waals surface area contributed by atoms with E-state index in [0.29, 0.717) is 5.92 Å². The fraction of sp³-hybridized carbons (Fsp3) is 0.538. The molecule has 0 atom stereocenters. The van der Waals surface area contributed by atoms with Crippen LogP contribution in [0.2, 0.25) is 12.1 Å². The first-order chi connectivity index (χ1) is 7.10. The van der Waals surface area contributed by atoms with E-state index in [1.54, 1.807) is 0 Å². The summed E-state index contributed by atoms with van der Waals surface area (Å²) in [5, 5.41) is 0. The molecule has 0 radical (unpaired) electrons. The maximum absolute atomic E-state index is 5.88. The molecule has 0 aliphatic rings. The SMILES string of the molecule is C=CC[Si](C#CC(C)C)(CC=C)OCC. The molecule has 0 aromatic rings. The van der Waals surface area contributed by atoms with E-state index in [4.69, 9.17) is 4.43 Å². The predicted octanol–water partition coefficient (Wildman–Crippen LogP) is 3.54. The van der Waals surface area contributed by atoms with Crippen molar-refractivity contribution < 1.29 is 4.43 Å². The van der Waals surface area contributed by atoms with Crippen LogP contribution in [0.3, 0.4) is 0 Å². The van der Waals surface area contributed by atoms with Gasteiger partial charge in [0.1, 0.15) is 0 Å². The topological polar surface area (TPSA) is 9.23 Å². The fourth-order valence-corrected chi connectivity index (χ4v) is 4.07. The molecule has 1 nitrogen and oxygen atoms in total. The third-order valence-corrected chi connectivity index (χ3v) is 5.29. The van der Waals surface area contributed by atoms with Crippen molar-refractivity contribution in [2.24, 2.45) is 5.92 Å². The molecule has 0 aliphatic carbocycles. The van der Waals surface area contributed by atoms with E-state index in [0.717, 1.165) is 18.7 Å². The van der Waals surface area contributed by atoms with Crippen molar-refractivity contribution in [3.63, 3.8) is 0 Å². The van der Waals surface area contributed by atoms with Gasteiger partial charge in [-0.05, 0) is 19.0 Å². The smallest absolute Gasteiger partial charge is 0.279 e. The Morgan fingerprint density at radius 3 is 2.13 bits per heavy atom. The van der Waals surface area contributed by atoms with E-state index in [1.165, 1.54) is 0 Å². The third kappa shape index (κ3) is 5.61. The highest BCUT2D eigenvalue weighted by molar-refractivity contribution is 6.82. The summed E-state index contributed by atoms with van der Waals surface area (Å²) in [6, 6.07) is 1.76. The molecular formula is C13H22OSi. The molecule has 0 N–H and O–H groups in total. The lowest BCUT2D eigenvalue weighted by Gasteiger charge is -2.22. The summed E-state index contributed by atoms with van der Waals surface area (Å²) in [7, 11) is -1.96. The second-order valence-corrected chi connectivity index (χ2v) is 7.18. The van der Waals surface area contributed by atoms with Crippen LogP contribution in [0.5, 0.6) is 0 Å². The van der Waals surface area contributed by atoms with Crippen molar-refractivity contribution in [3.05, 3.63) is 25.3 Å². The Morgan fingerprint density at radius 2 is 1.80 bits per heavy atom. The van der Waals surface area contributed by atoms with Crippen LogP contribution >= 0.6 is 0 Å². The molecule has 0 bridgehead atoms. The summed E-state index contributed by atoms with van der Waals surface area (Å²) in [4.78, 5) is 0. The first-order valence-corrected chi connectivity index (χ1v) is 7.81. The monoisotopic (exact) mass is 222 g/mol. The van der Waals surface area contributed by atoms with Gasteiger partial charge in [-0.2, -0.15) is 0 Å². The molecule has 0 fully saturated rings. The van der Waals surface area contributed by atoms with Crippen LogP contribution in [0.1, 0.15) is 20.8 Å². The molecule has 0 aliphatic heterocycles. The Morgan fingerprint density at radius 1 is 1.27 bits per heavy atom. The van der Waals surface area contributed by atoms with Gasteiger partial charge in [0.05, 0.1) is 0 Å². The lowest BCUT2D eigenvalue weighted by molar-refractivity contribution is 0.334. The van der Waals surface area contributed by atoms with Crippen LogP contribution < -0.4 is 0 Å². The van der Waals surface area contributed by atoms with Gasteiger partial charge in [-0.1, -0.05) is 31.5 Å². The van der Waals surface area contributed by atoms with Gasteiger partial charge >= 0.3 is 0 Å². The average molecular weight is 222 g/mol. The Balaban J connectivity index is 4.85. The van der Waals surface area contributed by atoms with Crippen molar-refractivity contribution in [1.82, 2.24) is 0 Å². The lowest BCUT2D eigenvalue weighted by atomic mass is 10.2. The van der Waals surface area contributed by atoms with Gasteiger partial charge in [-0.3, -0.25) is 0 Å². The molecule has 0 aromatic heterocycles. The summed E-state index contributed by atoms with van der Waals surface area (Å²) in [5.41, 5.74) is 3.36. The Kier molecular flexibility index (Phi) is 7.11. The van der Waals surface area contributed by atoms with Crippen LogP contribution in [0.25, 0.3) is 0 Å². The summed E-state index contributed by atoms with van der Waals surface area (Å²) >= 11 is 0. The van der Waals surface area contributed by atoms with E-state index in [-0.39, 0.29) is 0 Å². The van der Waals surface area contributed by atoms with Crippen LogP contribution in [-0.4, -0.2) is 14.9 Å². The molecule has 0 saturated heterocycles. The van der Waals surface area contributed by atoms with E-state index >= 15 is 0 Å². The Bertz CT molecular complexity index is 247. The van der Waals surface area contributed by atoms with Gasteiger partial charge in [-0.25, -0.2) is 0 Å². The normalized spacial score (nSPS) is 10.7. The van der Waals surface area contributed by atoms with E-state index in [9.17, 15) is 0 Å². The molecule has 0 amide bonds. The summed E-state index contributed by atoms with van der Waals surface area (Å²) in [6.07, 6.45) is 3.83. The molecule has 84 valence electrons. The molecule has 0 saturated carbocycles. The van der Waals surface area contributed by atoms with Crippen molar-refractivity contribution in [3.8, 4) is 11.5 Å². The highest BCUT2D eigenvalue weighted by atomic mass is 28.4. The zero-order valence-corrected chi connectivity index (χ0v) is 11.2. The van der Waals surface area contributed by atoms with E-state index < -0.39 is 8.32 Å². The number of hydrogen-bond donors (Lipinski definition) is 0. The molecule has 0 spiro atoms. The highest BCUT2D eigenvalue weighted by Crippen LogP contribution is 2.18. The van der Waals surface area contributed by atoms with Crippen molar-refractivity contribution in [1.29, 1.82) is 0 Å².